The van der Waals surface area contributed by atoms with Crippen LogP contribution in [0.1, 0.15) is 38.7 Å². The summed E-state index contributed by atoms with van der Waals surface area (Å²) in [6.07, 6.45) is 0. The standard InChI is InChI=1S/C22H24FN3O3/c1-13-6-7-18(10-20(13)23)26-16(4)9-19(17(26)5)21(27)12-29-22(28)11-25-15(3)8-14(2)24-25/h6-10H,11-12H2,1-5H3. The van der Waals surface area contributed by atoms with Crippen molar-refractivity contribution in [3.05, 3.63) is 70.1 Å². The van der Waals surface area contributed by atoms with Gasteiger partial charge in [0, 0.05) is 28.3 Å². The third-order valence-electron chi connectivity index (χ3n) is 4.89. The fraction of sp³-hybridized carbons (Fsp3) is 0.318. The molecular weight excluding hydrogens is 373 g/mol. The maximum Gasteiger partial charge on any atom is 0.328 e. The average molecular weight is 397 g/mol. The SMILES string of the molecule is Cc1cc(C)n(CC(=O)OCC(=O)c2cc(C)n(-c3ccc(C)c(F)c3)c2C)n1. The van der Waals surface area contributed by atoms with Crippen LogP contribution in [-0.4, -0.2) is 32.7 Å². The van der Waals surface area contributed by atoms with E-state index in [-0.39, 0.29) is 24.8 Å². The van der Waals surface area contributed by atoms with Gasteiger partial charge in [0.2, 0.25) is 5.78 Å². The Hall–Kier alpha value is -3.22. The van der Waals surface area contributed by atoms with E-state index >= 15 is 0 Å². The van der Waals surface area contributed by atoms with Gasteiger partial charge in [-0.1, -0.05) is 6.07 Å². The molecule has 0 saturated carbocycles. The van der Waals surface area contributed by atoms with E-state index in [1.165, 1.54) is 6.07 Å². The first-order valence-corrected chi connectivity index (χ1v) is 9.32. The summed E-state index contributed by atoms with van der Waals surface area (Å²) in [5, 5.41) is 4.21. The largest absolute Gasteiger partial charge is 0.456 e. The van der Waals surface area contributed by atoms with Crippen molar-refractivity contribution in [3.8, 4) is 5.69 Å². The smallest absolute Gasteiger partial charge is 0.328 e. The molecule has 7 heteroatoms. The lowest BCUT2D eigenvalue weighted by molar-refractivity contribution is -0.143. The maximum absolute atomic E-state index is 14.0. The lowest BCUT2D eigenvalue weighted by atomic mass is 10.1. The Balaban J connectivity index is 1.72. The van der Waals surface area contributed by atoms with Crippen LogP contribution in [0.15, 0.2) is 30.3 Å². The van der Waals surface area contributed by atoms with Gasteiger partial charge in [0.15, 0.2) is 6.61 Å². The highest BCUT2D eigenvalue weighted by Gasteiger charge is 2.19. The summed E-state index contributed by atoms with van der Waals surface area (Å²) in [6, 6.07) is 8.54. The molecule has 1 aromatic carbocycles. The van der Waals surface area contributed by atoms with E-state index in [0.717, 1.165) is 17.1 Å². The number of benzene rings is 1. The second-order valence-corrected chi connectivity index (χ2v) is 7.22. The number of rotatable bonds is 6. The zero-order valence-corrected chi connectivity index (χ0v) is 17.2. The van der Waals surface area contributed by atoms with Crippen LogP contribution in [0, 0.1) is 40.4 Å². The first-order valence-electron chi connectivity index (χ1n) is 9.32. The van der Waals surface area contributed by atoms with Gasteiger partial charge in [-0.05, 0) is 64.4 Å². The average Bonchev–Trinajstić information content (AvgIpc) is 3.13. The molecule has 0 fully saturated rings. The first-order chi connectivity index (χ1) is 13.7. The van der Waals surface area contributed by atoms with Gasteiger partial charge < -0.3 is 9.30 Å². The van der Waals surface area contributed by atoms with Crippen molar-refractivity contribution in [2.24, 2.45) is 0 Å². The van der Waals surface area contributed by atoms with Crippen molar-refractivity contribution in [3.63, 3.8) is 0 Å². The highest BCUT2D eigenvalue weighted by Crippen LogP contribution is 2.23. The molecule has 3 aromatic rings. The fourth-order valence-corrected chi connectivity index (χ4v) is 3.39. The Kier molecular flexibility index (Phi) is 5.68. The van der Waals surface area contributed by atoms with Gasteiger partial charge in [-0.3, -0.25) is 14.3 Å². The number of ether oxygens (including phenoxy) is 1. The van der Waals surface area contributed by atoms with Gasteiger partial charge in [-0.15, -0.1) is 0 Å². The number of hydrogen-bond acceptors (Lipinski definition) is 4. The van der Waals surface area contributed by atoms with Crippen molar-refractivity contribution in [1.29, 1.82) is 0 Å². The maximum atomic E-state index is 14.0. The number of nitrogens with zero attached hydrogens (tertiary/aromatic N) is 3. The number of aryl methyl sites for hydroxylation is 4. The molecule has 0 N–H and O–H groups in total. The molecule has 2 aromatic heterocycles. The van der Waals surface area contributed by atoms with Crippen molar-refractivity contribution < 1.29 is 18.7 Å². The topological polar surface area (TPSA) is 66.1 Å². The monoisotopic (exact) mass is 397 g/mol. The van der Waals surface area contributed by atoms with E-state index < -0.39 is 5.97 Å². The minimum Gasteiger partial charge on any atom is -0.456 e. The van der Waals surface area contributed by atoms with Crippen molar-refractivity contribution in [2.75, 3.05) is 6.61 Å². The van der Waals surface area contributed by atoms with E-state index in [2.05, 4.69) is 5.10 Å². The van der Waals surface area contributed by atoms with Crippen LogP contribution < -0.4 is 0 Å². The van der Waals surface area contributed by atoms with Gasteiger partial charge >= 0.3 is 5.97 Å². The minimum atomic E-state index is -0.529. The van der Waals surface area contributed by atoms with Gasteiger partial charge in [0.05, 0.1) is 5.69 Å². The number of hydrogen-bond donors (Lipinski definition) is 0. The predicted molar refractivity (Wildman–Crippen MR) is 107 cm³/mol. The summed E-state index contributed by atoms with van der Waals surface area (Å²) in [5.41, 5.74) is 4.77. The second-order valence-electron chi connectivity index (χ2n) is 7.22. The first kappa shape index (κ1) is 20.5. The molecule has 29 heavy (non-hydrogen) atoms. The fourth-order valence-electron chi connectivity index (χ4n) is 3.39. The van der Waals surface area contributed by atoms with Crippen molar-refractivity contribution in [1.82, 2.24) is 14.3 Å². The summed E-state index contributed by atoms with van der Waals surface area (Å²) in [4.78, 5) is 24.7. The van der Waals surface area contributed by atoms with E-state index in [9.17, 15) is 14.0 Å². The Morgan fingerprint density at radius 1 is 1.03 bits per heavy atom. The van der Waals surface area contributed by atoms with E-state index in [0.29, 0.717) is 22.5 Å². The zero-order chi connectivity index (χ0) is 21.3. The molecule has 0 atom stereocenters. The van der Waals surface area contributed by atoms with Crippen molar-refractivity contribution in [2.45, 2.75) is 41.2 Å². The lowest BCUT2D eigenvalue weighted by Gasteiger charge is -2.11. The van der Waals surface area contributed by atoms with Gasteiger partial charge in [0.25, 0.3) is 0 Å². The molecule has 2 heterocycles. The Bertz CT molecular complexity index is 1100. The molecule has 0 amide bonds. The third-order valence-corrected chi connectivity index (χ3v) is 4.89. The van der Waals surface area contributed by atoms with Crippen LogP contribution in [0.3, 0.4) is 0 Å². The summed E-state index contributed by atoms with van der Waals surface area (Å²) in [7, 11) is 0. The number of carbonyl (C=O) groups excluding carboxylic acids is 2. The van der Waals surface area contributed by atoms with Crippen LogP contribution in [0.4, 0.5) is 4.39 Å². The summed E-state index contributed by atoms with van der Waals surface area (Å²) in [5.74, 6) is -1.14. The number of aromatic nitrogens is 3. The molecule has 0 saturated heterocycles. The molecule has 0 radical (unpaired) electrons. The van der Waals surface area contributed by atoms with Crippen LogP contribution in [0.2, 0.25) is 0 Å². The van der Waals surface area contributed by atoms with Crippen LogP contribution >= 0.6 is 0 Å². The van der Waals surface area contributed by atoms with Gasteiger partial charge in [-0.2, -0.15) is 5.10 Å². The molecule has 3 rings (SSSR count). The number of halogens is 1. The predicted octanol–water partition coefficient (Wildman–Crippen LogP) is 3.78. The van der Waals surface area contributed by atoms with Gasteiger partial charge in [-0.25, -0.2) is 4.39 Å². The molecule has 152 valence electrons. The quantitative estimate of drug-likeness (QED) is 0.469. The van der Waals surface area contributed by atoms with E-state index in [4.69, 9.17) is 4.74 Å². The molecular formula is C22H24FN3O3. The molecule has 0 bridgehead atoms. The lowest BCUT2D eigenvalue weighted by Crippen LogP contribution is -2.20. The van der Waals surface area contributed by atoms with Crippen LogP contribution in [0.5, 0.6) is 0 Å². The van der Waals surface area contributed by atoms with Crippen LogP contribution in [0.25, 0.3) is 5.69 Å². The molecule has 0 aliphatic rings. The highest BCUT2D eigenvalue weighted by atomic mass is 19.1. The molecule has 0 spiro atoms. The number of carbonyl (C=O) groups is 2. The number of Topliss-reactive ketones (excluding diaryl/α,β-unsaturated/α-hetero) is 1. The third kappa shape index (κ3) is 4.29. The number of esters is 1. The minimum absolute atomic E-state index is 0.0470. The molecule has 6 nitrogen and oxygen atoms in total. The van der Waals surface area contributed by atoms with E-state index in [1.807, 2.05) is 31.4 Å². The highest BCUT2D eigenvalue weighted by molar-refractivity contribution is 5.99. The number of ketones is 1. The molecule has 0 aliphatic carbocycles. The van der Waals surface area contributed by atoms with Gasteiger partial charge in [0.1, 0.15) is 12.4 Å². The summed E-state index contributed by atoms with van der Waals surface area (Å²) >= 11 is 0. The second kappa shape index (κ2) is 8.03. The summed E-state index contributed by atoms with van der Waals surface area (Å²) in [6.45, 7) is 8.62. The normalized spacial score (nSPS) is 11.0. The van der Waals surface area contributed by atoms with Crippen LogP contribution in [-0.2, 0) is 16.1 Å². The Morgan fingerprint density at radius 3 is 2.38 bits per heavy atom. The summed E-state index contributed by atoms with van der Waals surface area (Å²) < 4.78 is 22.5. The molecule has 0 unspecified atom stereocenters. The molecule has 0 aliphatic heterocycles. The Morgan fingerprint density at radius 2 is 1.76 bits per heavy atom. The zero-order valence-electron chi connectivity index (χ0n) is 17.2. The Labute approximate surface area is 168 Å². The van der Waals surface area contributed by atoms with E-state index in [1.54, 1.807) is 36.7 Å². The van der Waals surface area contributed by atoms with Crippen molar-refractivity contribution >= 4 is 11.8 Å².